The lowest BCUT2D eigenvalue weighted by Crippen LogP contribution is -2.51. The van der Waals surface area contributed by atoms with Crippen LogP contribution in [0.15, 0.2) is 89.7 Å². The van der Waals surface area contributed by atoms with Gasteiger partial charge in [0.05, 0.1) is 11.6 Å². The molecule has 0 aliphatic carbocycles. The van der Waals surface area contributed by atoms with Crippen molar-refractivity contribution < 1.29 is 14.0 Å². The summed E-state index contributed by atoms with van der Waals surface area (Å²) in [6, 6.07) is 28.0. The molecule has 0 radical (unpaired) electrons. The van der Waals surface area contributed by atoms with Gasteiger partial charge in [-0.05, 0) is 79.3 Å². The smallest absolute Gasteiger partial charge is 0.248 e. The minimum absolute atomic E-state index is 0.0521. The van der Waals surface area contributed by atoms with Gasteiger partial charge in [0.15, 0.2) is 8.32 Å². The molecule has 1 unspecified atom stereocenters. The normalized spacial score (nSPS) is 14.8. The first kappa shape index (κ1) is 40.4. The molecule has 1 amide bonds. The van der Waals surface area contributed by atoms with Crippen molar-refractivity contribution in [2.75, 3.05) is 32.7 Å². The molecule has 3 aromatic carbocycles. The second kappa shape index (κ2) is 19.0. The van der Waals surface area contributed by atoms with Crippen LogP contribution in [0, 0.1) is 0 Å². The van der Waals surface area contributed by atoms with Crippen molar-refractivity contribution >= 4 is 25.1 Å². The number of carbonyl (C=O) groups is 1. The van der Waals surface area contributed by atoms with Crippen LogP contribution in [0.5, 0.6) is 5.75 Å². The fraction of sp³-hybridized carbons (Fsp3) is 0.500. The molecular weight excluding hydrogens is 677 g/mol. The van der Waals surface area contributed by atoms with Crippen molar-refractivity contribution in [2.45, 2.75) is 110 Å². The molecule has 1 aromatic heterocycles. The number of nitrogens with one attached hydrogen (secondary N) is 1. The molecule has 1 saturated heterocycles. The number of carbonyl (C=O) groups excluding carboxylic acids is 1. The van der Waals surface area contributed by atoms with E-state index >= 15 is 0 Å². The van der Waals surface area contributed by atoms with Crippen LogP contribution >= 0.6 is 0 Å². The molecule has 286 valence electrons. The number of nitrogens with zero attached hydrogens (tertiary/aromatic N) is 3. The van der Waals surface area contributed by atoms with E-state index in [0.29, 0.717) is 43.9 Å². The largest absolute Gasteiger partial charge is 0.487 e. The summed E-state index contributed by atoms with van der Waals surface area (Å²) in [6.45, 7) is 18.6. The molecule has 1 aliphatic heterocycles. The molecule has 1 aliphatic rings. The lowest BCUT2D eigenvalue weighted by atomic mass is 10.0. The van der Waals surface area contributed by atoms with Gasteiger partial charge in [-0.15, -0.1) is 0 Å². The molecule has 0 spiro atoms. The molecule has 8 nitrogen and oxygen atoms in total. The minimum atomic E-state index is -2.35. The van der Waals surface area contributed by atoms with Gasteiger partial charge in [-0.3, -0.25) is 14.6 Å². The fourth-order valence-corrected chi connectivity index (χ4v) is 8.12. The number of fused-ring (bicyclic) bond motifs is 1. The third-order valence-corrected chi connectivity index (χ3v) is 15.5. The summed E-state index contributed by atoms with van der Waals surface area (Å²) in [4.78, 5) is 32.8. The van der Waals surface area contributed by atoms with E-state index in [1.165, 1.54) is 19.3 Å². The highest BCUT2D eigenvalue weighted by Crippen LogP contribution is 2.42. The van der Waals surface area contributed by atoms with Gasteiger partial charge in [-0.25, -0.2) is 5.01 Å². The summed E-state index contributed by atoms with van der Waals surface area (Å²) in [5.74, 6) is 0.777. The Bertz CT molecular complexity index is 1780. The number of pyridine rings is 1. The lowest BCUT2D eigenvalue weighted by molar-refractivity contribution is -0.153. The van der Waals surface area contributed by atoms with Crippen LogP contribution in [0.2, 0.25) is 18.1 Å². The number of ether oxygens (including phenoxy) is 1. The maximum Gasteiger partial charge on any atom is 0.248 e. The summed E-state index contributed by atoms with van der Waals surface area (Å²) in [5, 5.41) is 5.12. The highest BCUT2D eigenvalue weighted by atomic mass is 28.4. The van der Waals surface area contributed by atoms with Crippen molar-refractivity contribution in [1.29, 1.82) is 0 Å². The third kappa shape index (κ3) is 11.4. The number of H-pyrrole nitrogens is 1. The molecule has 2 heterocycles. The molecule has 1 atom stereocenters. The topological polar surface area (TPSA) is 78.1 Å². The van der Waals surface area contributed by atoms with Crippen molar-refractivity contribution in [3.63, 3.8) is 0 Å². The van der Waals surface area contributed by atoms with E-state index in [0.717, 1.165) is 61.0 Å². The Morgan fingerprint density at radius 2 is 1.57 bits per heavy atom. The van der Waals surface area contributed by atoms with Crippen LogP contribution in [-0.4, -0.2) is 66.9 Å². The van der Waals surface area contributed by atoms with E-state index in [-0.39, 0.29) is 22.6 Å². The van der Waals surface area contributed by atoms with Crippen LogP contribution in [0.3, 0.4) is 0 Å². The summed E-state index contributed by atoms with van der Waals surface area (Å²) in [6.07, 6.45) is 6.85. The van der Waals surface area contributed by atoms with Crippen molar-refractivity contribution in [3.8, 4) is 5.75 Å². The number of piperidine rings is 1. The first-order valence-electron chi connectivity index (χ1n) is 19.8. The van der Waals surface area contributed by atoms with Crippen molar-refractivity contribution in [2.24, 2.45) is 0 Å². The van der Waals surface area contributed by atoms with Gasteiger partial charge in [0.1, 0.15) is 12.4 Å². The molecule has 1 N–H and O–H groups in total. The summed E-state index contributed by atoms with van der Waals surface area (Å²) >= 11 is 0. The molecule has 1 fully saturated rings. The number of aromatic amines is 1. The summed E-state index contributed by atoms with van der Waals surface area (Å²) < 4.78 is 13.7. The van der Waals surface area contributed by atoms with Crippen LogP contribution in [-0.2, 0) is 22.4 Å². The van der Waals surface area contributed by atoms with Crippen LogP contribution in [0.25, 0.3) is 10.9 Å². The van der Waals surface area contributed by atoms with E-state index < -0.39 is 8.32 Å². The van der Waals surface area contributed by atoms with Gasteiger partial charge >= 0.3 is 0 Å². The minimum Gasteiger partial charge on any atom is -0.487 e. The Morgan fingerprint density at radius 3 is 2.23 bits per heavy atom. The molecule has 4 aromatic rings. The maximum absolute atomic E-state index is 14.4. The second-order valence-corrected chi connectivity index (χ2v) is 20.9. The maximum atomic E-state index is 14.4. The number of rotatable bonds is 18. The molecule has 53 heavy (non-hydrogen) atoms. The standard InChI is InChI=1S/C44H62N4O4Si/c1-7-8-16-30-48(42(50)27-31-46-28-17-11-18-29-46)47(32-35-19-12-9-13-20-35)33-40(52-53(5,6)44(2,3)4)37-23-25-39(43-38(37)24-26-41(49)45-43)51-34-36-21-14-10-15-22-36/h9-10,12-15,19-26,40H,7-8,11,16-18,27-34H2,1-6H3,(H,45,49). The van der Waals surface area contributed by atoms with Gasteiger partial charge in [0.25, 0.3) is 0 Å². The van der Waals surface area contributed by atoms with Crippen LogP contribution in [0.1, 0.15) is 95.4 Å². The molecule has 0 bridgehead atoms. The van der Waals surface area contributed by atoms with Gasteiger partial charge < -0.3 is 19.0 Å². The zero-order chi connectivity index (χ0) is 37.8. The lowest BCUT2D eigenvalue weighted by Gasteiger charge is -2.43. The SMILES string of the molecule is CCCCCN(C(=O)CCN1CCCCC1)N(Cc1ccccc1)CC(O[Si](C)(C)C(C)(C)C)c1ccc(OCc2ccccc2)c2[nH]c(=O)ccc12. The molecular formula is C44H62N4O4Si. The number of unbranched alkanes of at least 4 members (excludes halogenated alkanes) is 2. The number of likely N-dealkylation sites (tertiary alicyclic amines) is 1. The van der Waals surface area contributed by atoms with Gasteiger partial charge in [-0.2, -0.15) is 0 Å². The van der Waals surface area contributed by atoms with Gasteiger partial charge in [0, 0.05) is 44.1 Å². The molecule has 9 heteroatoms. The monoisotopic (exact) mass is 738 g/mol. The average molecular weight is 739 g/mol. The van der Waals surface area contributed by atoms with E-state index in [9.17, 15) is 9.59 Å². The number of hydrazine groups is 1. The van der Waals surface area contributed by atoms with Gasteiger partial charge in [0.2, 0.25) is 11.5 Å². The molecule has 0 saturated carbocycles. The zero-order valence-corrected chi connectivity index (χ0v) is 34.0. The zero-order valence-electron chi connectivity index (χ0n) is 33.0. The first-order chi connectivity index (χ1) is 25.4. The fourth-order valence-electron chi connectivity index (χ4n) is 6.85. The first-order valence-corrected chi connectivity index (χ1v) is 22.7. The second-order valence-electron chi connectivity index (χ2n) is 16.1. The third-order valence-electron chi connectivity index (χ3n) is 11.0. The quantitative estimate of drug-likeness (QED) is 0.0623. The van der Waals surface area contributed by atoms with E-state index in [1.807, 2.05) is 53.5 Å². The number of aromatic nitrogens is 1. The highest BCUT2D eigenvalue weighted by molar-refractivity contribution is 6.74. The highest BCUT2D eigenvalue weighted by Gasteiger charge is 2.41. The Hall–Kier alpha value is -3.76. The molecule has 5 rings (SSSR count). The Kier molecular flexibility index (Phi) is 14.5. The van der Waals surface area contributed by atoms with E-state index in [2.05, 4.69) is 86.0 Å². The Balaban J connectivity index is 1.56. The average Bonchev–Trinajstić information content (AvgIpc) is 3.15. The Morgan fingerprint density at radius 1 is 0.887 bits per heavy atom. The predicted octanol–water partition coefficient (Wildman–Crippen LogP) is 9.48. The van der Waals surface area contributed by atoms with Crippen molar-refractivity contribution in [1.82, 2.24) is 19.9 Å². The number of hydrogen-bond acceptors (Lipinski definition) is 6. The van der Waals surface area contributed by atoms with Crippen LogP contribution < -0.4 is 10.3 Å². The van der Waals surface area contributed by atoms with Crippen molar-refractivity contribution in [3.05, 3.63) is 112 Å². The van der Waals surface area contributed by atoms with Gasteiger partial charge in [-0.1, -0.05) is 114 Å². The van der Waals surface area contributed by atoms with E-state index in [4.69, 9.17) is 9.16 Å². The predicted molar refractivity (Wildman–Crippen MR) is 219 cm³/mol. The number of amides is 1. The summed E-state index contributed by atoms with van der Waals surface area (Å²) in [7, 11) is -2.35. The summed E-state index contributed by atoms with van der Waals surface area (Å²) in [5.41, 5.74) is 3.63. The van der Waals surface area contributed by atoms with E-state index in [1.54, 1.807) is 6.07 Å². The number of benzene rings is 3. The van der Waals surface area contributed by atoms with Crippen LogP contribution in [0.4, 0.5) is 0 Å². The number of hydrogen-bond donors (Lipinski definition) is 1. The Labute approximate surface area is 318 Å².